The van der Waals surface area contributed by atoms with Crippen LogP contribution in [0.3, 0.4) is 0 Å². The van der Waals surface area contributed by atoms with E-state index < -0.39 is 11.7 Å². The van der Waals surface area contributed by atoms with E-state index in [9.17, 15) is 13.2 Å². The van der Waals surface area contributed by atoms with Crippen molar-refractivity contribution in [3.8, 4) is 0 Å². The monoisotopic (exact) mass is 202 g/mol. The van der Waals surface area contributed by atoms with Crippen molar-refractivity contribution >= 4 is 16.9 Å². The lowest BCUT2D eigenvalue weighted by Gasteiger charge is -2.04. The summed E-state index contributed by atoms with van der Waals surface area (Å²) in [5.41, 5.74) is 4.57. The van der Waals surface area contributed by atoms with Crippen LogP contribution in [-0.4, -0.2) is 15.0 Å². The molecule has 0 aliphatic heterocycles. The predicted octanol–water partition coefficient (Wildman–Crippen LogP) is 1.56. The summed E-state index contributed by atoms with van der Waals surface area (Å²) in [7, 11) is 0. The summed E-state index contributed by atoms with van der Waals surface area (Å²) in [6.45, 7) is 0. The fourth-order valence-electron chi connectivity index (χ4n) is 1.21. The first-order valence-electron chi connectivity index (χ1n) is 3.65. The van der Waals surface area contributed by atoms with E-state index in [1.807, 2.05) is 0 Å². The van der Waals surface area contributed by atoms with Gasteiger partial charge in [0.25, 0.3) is 0 Å². The molecule has 74 valence electrons. The Kier molecular flexibility index (Phi) is 1.63. The summed E-state index contributed by atoms with van der Waals surface area (Å²) < 4.78 is 37.2. The van der Waals surface area contributed by atoms with Gasteiger partial charge in [0.2, 0.25) is 0 Å². The highest BCUT2D eigenvalue weighted by Crippen LogP contribution is 2.35. The first-order chi connectivity index (χ1) is 6.50. The summed E-state index contributed by atoms with van der Waals surface area (Å²) in [6.07, 6.45) is -2.51. The second-order valence-electron chi connectivity index (χ2n) is 2.68. The van der Waals surface area contributed by atoms with Crippen LogP contribution in [-0.2, 0) is 6.18 Å². The van der Waals surface area contributed by atoms with Gasteiger partial charge in [-0.15, -0.1) is 0 Å². The number of nitrogen functional groups attached to an aromatic ring is 1. The van der Waals surface area contributed by atoms with Crippen molar-refractivity contribution in [1.29, 1.82) is 0 Å². The molecule has 3 N–H and O–H groups in total. The molecule has 2 aromatic rings. The number of aromatic amines is 1. The molecule has 0 atom stereocenters. The Morgan fingerprint density at radius 3 is 2.64 bits per heavy atom. The molecule has 0 saturated carbocycles. The lowest BCUT2D eigenvalue weighted by Crippen LogP contribution is -2.05. The van der Waals surface area contributed by atoms with E-state index in [4.69, 9.17) is 5.73 Å². The Balaban J connectivity index is 2.80. The SMILES string of the molecule is Nc1ncnc2[nH]cc(C(F)(F)F)c12. The van der Waals surface area contributed by atoms with Crippen molar-refractivity contribution in [1.82, 2.24) is 15.0 Å². The number of fused-ring (bicyclic) bond motifs is 1. The summed E-state index contributed by atoms with van der Waals surface area (Å²) in [6, 6.07) is 0. The van der Waals surface area contributed by atoms with Crippen LogP contribution in [0.4, 0.5) is 19.0 Å². The van der Waals surface area contributed by atoms with Gasteiger partial charge in [0.1, 0.15) is 17.8 Å². The molecule has 0 amide bonds. The van der Waals surface area contributed by atoms with Gasteiger partial charge in [0.15, 0.2) is 0 Å². The standard InChI is InChI=1S/C7H5F3N4/c8-7(9,10)3-1-12-6-4(3)5(11)13-2-14-6/h1-2H,(H3,11,12,13,14). The van der Waals surface area contributed by atoms with Crippen molar-refractivity contribution in [2.45, 2.75) is 6.18 Å². The van der Waals surface area contributed by atoms with Crippen molar-refractivity contribution in [3.63, 3.8) is 0 Å². The molecule has 0 bridgehead atoms. The number of H-pyrrole nitrogens is 1. The Morgan fingerprint density at radius 2 is 2.00 bits per heavy atom. The molecule has 0 saturated heterocycles. The second kappa shape index (κ2) is 2.60. The van der Waals surface area contributed by atoms with Gasteiger partial charge in [-0.2, -0.15) is 13.2 Å². The van der Waals surface area contributed by atoms with Crippen molar-refractivity contribution < 1.29 is 13.2 Å². The Bertz CT molecular complexity index is 473. The highest BCUT2D eigenvalue weighted by atomic mass is 19.4. The highest BCUT2D eigenvalue weighted by molar-refractivity contribution is 5.89. The summed E-state index contributed by atoms with van der Waals surface area (Å²) in [4.78, 5) is 9.51. The number of nitrogens with zero attached hydrogens (tertiary/aromatic N) is 2. The van der Waals surface area contributed by atoms with E-state index in [0.29, 0.717) is 0 Å². The molecule has 0 radical (unpaired) electrons. The van der Waals surface area contributed by atoms with Crippen LogP contribution in [0.2, 0.25) is 0 Å². The fraction of sp³-hybridized carbons (Fsp3) is 0.143. The number of rotatable bonds is 0. The smallest absolute Gasteiger partial charge is 0.383 e. The van der Waals surface area contributed by atoms with Gasteiger partial charge in [-0.3, -0.25) is 0 Å². The molecular weight excluding hydrogens is 197 g/mol. The number of halogens is 3. The first-order valence-corrected chi connectivity index (χ1v) is 3.65. The highest BCUT2D eigenvalue weighted by Gasteiger charge is 2.34. The van der Waals surface area contributed by atoms with Crippen LogP contribution in [0.15, 0.2) is 12.5 Å². The number of hydrogen-bond donors (Lipinski definition) is 2. The van der Waals surface area contributed by atoms with E-state index in [1.54, 1.807) is 0 Å². The number of anilines is 1. The quantitative estimate of drug-likeness (QED) is 0.681. The van der Waals surface area contributed by atoms with Gasteiger partial charge in [-0.1, -0.05) is 0 Å². The lowest BCUT2D eigenvalue weighted by molar-refractivity contribution is -0.136. The Hall–Kier alpha value is -1.79. The molecule has 14 heavy (non-hydrogen) atoms. The summed E-state index contributed by atoms with van der Waals surface area (Å²) in [5.74, 6) is -0.177. The topological polar surface area (TPSA) is 67.6 Å². The molecule has 2 rings (SSSR count). The number of aromatic nitrogens is 3. The average molecular weight is 202 g/mol. The van der Waals surface area contributed by atoms with Gasteiger partial charge in [-0.05, 0) is 0 Å². The third kappa shape index (κ3) is 1.17. The number of nitrogens with two attached hydrogens (primary N) is 1. The summed E-state index contributed by atoms with van der Waals surface area (Å²) in [5, 5.41) is -0.181. The zero-order valence-corrected chi connectivity index (χ0v) is 6.76. The van der Waals surface area contributed by atoms with Crippen LogP contribution in [0, 0.1) is 0 Å². The fourth-order valence-corrected chi connectivity index (χ4v) is 1.21. The molecule has 0 fully saturated rings. The van der Waals surface area contributed by atoms with Gasteiger partial charge in [-0.25, -0.2) is 9.97 Å². The number of hydrogen-bond acceptors (Lipinski definition) is 3. The lowest BCUT2D eigenvalue weighted by atomic mass is 10.2. The Labute approximate surface area is 76.0 Å². The van der Waals surface area contributed by atoms with E-state index in [-0.39, 0.29) is 16.9 Å². The van der Waals surface area contributed by atoms with Crippen LogP contribution in [0.25, 0.3) is 11.0 Å². The van der Waals surface area contributed by atoms with Gasteiger partial charge < -0.3 is 10.7 Å². The second-order valence-corrected chi connectivity index (χ2v) is 2.68. The zero-order chi connectivity index (χ0) is 10.3. The van der Waals surface area contributed by atoms with Gasteiger partial charge in [0, 0.05) is 6.20 Å². The predicted molar refractivity (Wildman–Crippen MR) is 43.3 cm³/mol. The van der Waals surface area contributed by atoms with Crippen LogP contribution >= 0.6 is 0 Å². The third-order valence-corrected chi connectivity index (χ3v) is 1.80. The minimum atomic E-state index is -4.45. The third-order valence-electron chi connectivity index (χ3n) is 1.80. The molecule has 0 unspecified atom stereocenters. The molecule has 2 aromatic heterocycles. The van der Waals surface area contributed by atoms with Gasteiger partial charge >= 0.3 is 6.18 Å². The van der Waals surface area contributed by atoms with Crippen LogP contribution in [0.1, 0.15) is 5.56 Å². The summed E-state index contributed by atoms with van der Waals surface area (Å²) >= 11 is 0. The maximum Gasteiger partial charge on any atom is 0.418 e. The zero-order valence-electron chi connectivity index (χ0n) is 6.76. The van der Waals surface area contributed by atoms with Crippen molar-refractivity contribution in [2.75, 3.05) is 5.73 Å². The van der Waals surface area contributed by atoms with Crippen LogP contribution < -0.4 is 5.73 Å². The largest absolute Gasteiger partial charge is 0.418 e. The molecule has 0 aliphatic rings. The maximum atomic E-state index is 12.4. The molecule has 0 aliphatic carbocycles. The van der Waals surface area contributed by atoms with E-state index >= 15 is 0 Å². The van der Waals surface area contributed by atoms with E-state index in [1.165, 1.54) is 0 Å². The van der Waals surface area contributed by atoms with Gasteiger partial charge in [0.05, 0.1) is 10.9 Å². The normalized spacial score (nSPS) is 12.2. The first kappa shape index (κ1) is 8.79. The molecule has 4 nitrogen and oxygen atoms in total. The van der Waals surface area contributed by atoms with E-state index in [2.05, 4.69) is 15.0 Å². The molecule has 2 heterocycles. The van der Waals surface area contributed by atoms with Crippen LogP contribution in [0.5, 0.6) is 0 Å². The molecule has 0 aromatic carbocycles. The molecule has 0 spiro atoms. The van der Waals surface area contributed by atoms with E-state index in [0.717, 1.165) is 12.5 Å². The number of alkyl halides is 3. The Morgan fingerprint density at radius 1 is 1.29 bits per heavy atom. The maximum absolute atomic E-state index is 12.4. The average Bonchev–Trinajstić information content (AvgIpc) is 2.47. The molecular formula is C7H5F3N4. The minimum absolute atomic E-state index is 0.0878. The minimum Gasteiger partial charge on any atom is -0.383 e. The van der Waals surface area contributed by atoms with Crippen molar-refractivity contribution in [3.05, 3.63) is 18.1 Å². The van der Waals surface area contributed by atoms with Crippen molar-refractivity contribution in [2.24, 2.45) is 0 Å². The molecule has 7 heteroatoms. The number of nitrogens with one attached hydrogen (secondary N) is 1.